The molecule has 0 amide bonds. The van der Waals surface area contributed by atoms with Gasteiger partial charge in [0, 0.05) is 22.7 Å². The van der Waals surface area contributed by atoms with E-state index in [2.05, 4.69) is 26.1 Å². The van der Waals surface area contributed by atoms with E-state index in [1.165, 1.54) is 0 Å². The Balaban J connectivity index is 1.95. The maximum Gasteiger partial charge on any atom is 0.288 e. The Labute approximate surface area is 196 Å². The molecular weight excluding hydrogens is 446 g/mol. The van der Waals surface area contributed by atoms with Gasteiger partial charge in [0.2, 0.25) is 5.70 Å². The highest BCUT2D eigenvalue weighted by Crippen LogP contribution is 2.27. The number of hydrogen-bond acceptors (Lipinski definition) is 3. The third-order valence-electron chi connectivity index (χ3n) is 4.75. The van der Waals surface area contributed by atoms with Crippen molar-refractivity contribution in [2.75, 3.05) is 5.32 Å². The molecule has 0 bridgehead atoms. The highest BCUT2D eigenvalue weighted by molar-refractivity contribution is 7.99. The molecule has 0 fully saturated rings. The number of thiocarbonyl (C=S) groups is 1. The van der Waals surface area contributed by atoms with Gasteiger partial charge in [0.1, 0.15) is 0 Å². The maximum absolute atomic E-state index is 13.4. The van der Waals surface area contributed by atoms with Crippen molar-refractivity contribution in [2.45, 2.75) is 36.8 Å². The average Bonchev–Trinajstić information content (AvgIpc) is 2.75. The van der Waals surface area contributed by atoms with E-state index < -0.39 is 5.76 Å². The number of nitrogens with one attached hydrogen (secondary N) is 1. The number of benzene rings is 2. The highest BCUT2D eigenvalue weighted by atomic mass is 32.2. The van der Waals surface area contributed by atoms with Gasteiger partial charge in [0.15, 0.2) is 17.4 Å². The normalized spacial score (nSPS) is 12.4. The first-order chi connectivity index (χ1) is 15.1. The molecule has 3 nitrogen and oxygen atoms in total. The minimum Gasteiger partial charge on any atom is -0.867 e. The number of nitrogens with zero attached hydrogens (tertiary/aromatic N) is 1. The largest absolute Gasteiger partial charge is 0.867 e. The lowest BCUT2D eigenvalue weighted by atomic mass is 9.86. The second-order valence-corrected chi connectivity index (χ2v) is 9.62. The monoisotopic (exact) mass is 470 g/mol. The minimum atomic E-state index is -2.48. The first kappa shape index (κ1) is 23.9. The lowest BCUT2D eigenvalue weighted by Crippen LogP contribution is -2.39. The van der Waals surface area contributed by atoms with E-state index in [1.54, 1.807) is 41.2 Å². The molecule has 0 aliphatic rings. The van der Waals surface area contributed by atoms with Crippen molar-refractivity contribution in [1.29, 1.82) is 0 Å². The summed E-state index contributed by atoms with van der Waals surface area (Å²) in [5, 5.41) is 16.5. The maximum atomic E-state index is 13.4. The number of hydrogen-bond donors (Lipinski definition) is 1. The smallest absolute Gasteiger partial charge is 0.288 e. The first-order valence-electron chi connectivity index (χ1n) is 10.0. The summed E-state index contributed by atoms with van der Waals surface area (Å²) in [5.41, 5.74) is 2.55. The number of anilines is 1. The van der Waals surface area contributed by atoms with Gasteiger partial charge >= 0.3 is 0 Å². The Morgan fingerprint density at radius 3 is 2.09 bits per heavy atom. The third-order valence-corrected chi connectivity index (χ3v) is 5.77. The van der Waals surface area contributed by atoms with Crippen molar-refractivity contribution in [3.63, 3.8) is 0 Å². The number of aromatic nitrogens is 1. The van der Waals surface area contributed by atoms with Crippen molar-refractivity contribution in [1.82, 2.24) is 0 Å². The molecule has 0 aliphatic carbocycles. The first-order valence-corrected chi connectivity index (χ1v) is 11.3. The van der Waals surface area contributed by atoms with Crippen LogP contribution in [-0.4, -0.2) is 10.7 Å². The fraction of sp³-hybridized carbons (Fsp3) is 0.200. The van der Waals surface area contributed by atoms with Crippen LogP contribution in [0.25, 0.3) is 11.5 Å². The molecule has 3 rings (SSSR count). The van der Waals surface area contributed by atoms with Crippen LogP contribution >= 0.6 is 24.0 Å². The molecule has 0 radical (unpaired) electrons. The van der Waals surface area contributed by atoms with Crippen LogP contribution in [0.3, 0.4) is 0 Å². The molecular formula is C25H24F2N2OS2. The summed E-state index contributed by atoms with van der Waals surface area (Å²) in [5.74, 6) is -2.70. The van der Waals surface area contributed by atoms with E-state index in [0.717, 1.165) is 5.56 Å². The number of alkyl halides is 2. The van der Waals surface area contributed by atoms with Gasteiger partial charge in [-0.05, 0) is 46.6 Å². The average molecular weight is 471 g/mol. The highest BCUT2D eigenvalue weighted by Gasteiger charge is 2.19. The molecule has 166 valence electrons. The molecule has 32 heavy (non-hydrogen) atoms. The number of rotatable bonds is 6. The Morgan fingerprint density at radius 1 is 0.969 bits per heavy atom. The lowest BCUT2D eigenvalue weighted by Gasteiger charge is -2.21. The zero-order chi connectivity index (χ0) is 23.3. The second-order valence-electron chi connectivity index (χ2n) is 8.14. The topological polar surface area (TPSA) is 39.0 Å². The van der Waals surface area contributed by atoms with E-state index in [9.17, 15) is 13.9 Å². The predicted molar refractivity (Wildman–Crippen MR) is 129 cm³/mol. The van der Waals surface area contributed by atoms with Crippen LogP contribution in [-0.2, 0) is 5.41 Å². The molecule has 3 aromatic rings. The Bertz CT molecular complexity index is 1090. The van der Waals surface area contributed by atoms with Gasteiger partial charge in [-0.3, -0.25) is 0 Å². The summed E-state index contributed by atoms with van der Waals surface area (Å²) in [4.78, 5) is 0.688. The lowest BCUT2D eigenvalue weighted by molar-refractivity contribution is -0.577. The molecule has 2 aromatic carbocycles. The molecule has 1 aromatic heterocycles. The van der Waals surface area contributed by atoms with Gasteiger partial charge in [-0.25, -0.2) is 0 Å². The standard InChI is InChI=1S/C25H24F2N2OS2/c1-25(2,3)18-9-7-17(8-10-18)22(30)21(29-15-5-4-6-16-29)23(31)28-19-11-13-20(14-12-19)32-24(26)27/h4-16,24H,1-3H3,(H-,28,30,31). The quantitative estimate of drug-likeness (QED) is 0.165. The van der Waals surface area contributed by atoms with Crippen molar-refractivity contribution in [3.05, 3.63) is 90.3 Å². The van der Waals surface area contributed by atoms with Crippen LogP contribution < -0.4 is 15.0 Å². The van der Waals surface area contributed by atoms with E-state index in [0.29, 0.717) is 33.6 Å². The van der Waals surface area contributed by atoms with Gasteiger partial charge in [-0.2, -0.15) is 13.3 Å². The molecule has 0 saturated carbocycles. The molecule has 0 unspecified atom stereocenters. The zero-order valence-corrected chi connectivity index (χ0v) is 19.6. The molecule has 1 heterocycles. The summed E-state index contributed by atoms with van der Waals surface area (Å²) in [6.07, 6.45) is 3.51. The van der Waals surface area contributed by atoms with E-state index in [4.69, 9.17) is 12.2 Å². The molecule has 7 heteroatoms. The number of thioether (sulfide) groups is 1. The van der Waals surface area contributed by atoms with Crippen molar-refractivity contribution < 1.29 is 18.5 Å². The Morgan fingerprint density at radius 2 is 1.56 bits per heavy atom. The van der Waals surface area contributed by atoms with Gasteiger partial charge in [-0.15, -0.1) is 0 Å². The van der Waals surface area contributed by atoms with Crippen LogP contribution in [0.4, 0.5) is 14.5 Å². The molecule has 1 N–H and O–H groups in total. The third kappa shape index (κ3) is 6.14. The number of halogens is 2. The fourth-order valence-corrected chi connectivity index (χ4v) is 3.87. The van der Waals surface area contributed by atoms with Gasteiger partial charge in [-0.1, -0.05) is 75.1 Å². The van der Waals surface area contributed by atoms with Gasteiger partial charge in [0.05, 0.1) is 0 Å². The summed E-state index contributed by atoms with van der Waals surface area (Å²) < 4.78 is 26.8. The van der Waals surface area contributed by atoms with Gasteiger partial charge in [0.25, 0.3) is 5.76 Å². The van der Waals surface area contributed by atoms with Crippen LogP contribution in [0.1, 0.15) is 31.9 Å². The van der Waals surface area contributed by atoms with Crippen molar-refractivity contribution in [2.24, 2.45) is 0 Å². The zero-order valence-electron chi connectivity index (χ0n) is 18.0. The fourth-order valence-electron chi connectivity index (χ4n) is 3.05. The summed E-state index contributed by atoms with van der Waals surface area (Å²) in [6.45, 7) is 6.35. The van der Waals surface area contributed by atoms with Crippen LogP contribution in [0.2, 0.25) is 0 Å². The van der Waals surface area contributed by atoms with Gasteiger partial charge < -0.3 is 10.4 Å². The van der Waals surface area contributed by atoms with Crippen molar-refractivity contribution >= 4 is 46.1 Å². The van der Waals surface area contributed by atoms with Crippen LogP contribution in [0.5, 0.6) is 0 Å². The minimum absolute atomic E-state index is 0.0199. The van der Waals surface area contributed by atoms with E-state index >= 15 is 0 Å². The van der Waals surface area contributed by atoms with Crippen molar-refractivity contribution in [3.8, 4) is 0 Å². The van der Waals surface area contributed by atoms with E-state index in [1.807, 2.05) is 42.5 Å². The second kappa shape index (κ2) is 10.2. The van der Waals surface area contributed by atoms with Crippen LogP contribution in [0.15, 0.2) is 84.0 Å². The van der Waals surface area contributed by atoms with E-state index in [-0.39, 0.29) is 16.2 Å². The SMILES string of the molecule is CC(C)(C)c1ccc(C([O-])=C(C(=S)Nc2ccc(SC(F)F)cc2)[n+]2ccccc2)cc1. The molecule has 0 saturated heterocycles. The Hall–Kier alpha value is -2.77. The summed E-state index contributed by atoms with van der Waals surface area (Å²) >= 11 is 6.07. The number of pyridine rings is 1. The predicted octanol–water partition coefficient (Wildman–Crippen LogP) is 5.71. The Kier molecular flexibility index (Phi) is 7.64. The molecule has 0 spiro atoms. The molecule has 0 atom stereocenters. The van der Waals surface area contributed by atoms with Crippen LogP contribution in [0, 0.1) is 0 Å². The molecule has 0 aliphatic heterocycles. The summed E-state index contributed by atoms with van der Waals surface area (Å²) in [7, 11) is 0. The summed E-state index contributed by atoms with van der Waals surface area (Å²) in [6, 6.07) is 19.5.